The predicted octanol–water partition coefficient (Wildman–Crippen LogP) is 1.04. The van der Waals surface area contributed by atoms with E-state index in [2.05, 4.69) is 4.90 Å². The van der Waals surface area contributed by atoms with Crippen LogP contribution in [0, 0.1) is 0 Å². The first-order valence-electron chi connectivity index (χ1n) is 7.07. The van der Waals surface area contributed by atoms with Gasteiger partial charge in [0.25, 0.3) is 0 Å². The first kappa shape index (κ1) is 15.9. The van der Waals surface area contributed by atoms with Crippen molar-refractivity contribution in [3.05, 3.63) is 17.7 Å². The Hall–Kier alpha value is -1.50. The molecule has 0 aliphatic carbocycles. The third-order valence-electron chi connectivity index (χ3n) is 3.80. The van der Waals surface area contributed by atoms with Crippen LogP contribution in [0.3, 0.4) is 0 Å². The van der Waals surface area contributed by atoms with Crippen LogP contribution in [0.25, 0.3) is 0 Å². The summed E-state index contributed by atoms with van der Waals surface area (Å²) in [4.78, 5) is 2.31. The fourth-order valence-corrected chi connectivity index (χ4v) is 2.75. The molecular weight excluding hydrogens is 272 g/mol. The van der Waals surface area contributed by atoms with Gasteiger partial charge in [-0.05, 0) is 12.1 Å². The van der Waals surface area contributed by atoms with Crippen LogP contribution in [0.15, 0.2) is 12.1 Å². The van der Waals surface area contributed by atoms with Crippen LogP contribution in [-0.2, 0) is 4.74 Å². The molecule has 0 saturated carbocycles. The van der Waals surface area contributed by atoms with Crippen LogP contribution >= 0.6 is 0 Å². The topological polar surface area (TPSA) is 66.2 Å². The quantitative estimate of drug-likeness (QED) is 0.846. The number of morpholine rings is 1. The van der Waals surface area contributed by atoms with Crippen molar-refractivity contribution in [3.63, 3.8) is 0 Å². The van der Waals surface area contributed by atoms with E-state index in [-0.39, 0.29) is 6.04 Å². The number of nitrogens with zero attached hydrogens (tertiary/aromatic N) is 1. The molecule has 6 heteroatoms. The molecule has 0 amide bonds. The minimum absolute atomic E-state index is 0.0728. The highest BCUT2D eigenvalue weighted by Gasteiger charge is 2.27. The molecule has 1 saturated heterocycles. The molecule has 2 N–H and O–H groups in total. The van der Waals surface area contributed by atoms with E-state index in [9.17, 15) is 0 Å². The Balaban J connectivity index is 2.40. The number of nitrogens with two attached hydrogens (primary N) is 1. The lowest BCUT2D eigenvalue weighted by molar-refractivity contribution is 0.0173. The maximum Gasteiger partial charge on any atom is 0.203 e. The predicted molar refractivity (Wildman–Crippen MR) is 80.3 cm³/mol. The summed E-state index contributed by atoms with van der Waals surface area (Å²) in [6.45, 7) is 3.68. The van der Waals surface area contributed by atoms with Crippen LogP contribution in [0.5, 0.6) is 17.2 Å². The van der Waals surface area contributed by atoms with Gasteiger partial charge in [-0.15, -0.1) is 0 Å². The molecule has 1 aliphatic heterocycles. The van der Waals surface area contributed by atoms with Crippen LogP contribution in [-0.4, -0.2) is 59.1 Å². The first-order valence-corrected chi connectivity index (χ1v) is 7.07. The highest BCUT2D eigenvalue weighted by atomic mass is 16.5. The van der Waals surface area contributed by atoms with Gasteiger partial charge in [0.15, 0.2) is 11.5 Å². The molecule has 1 aromatic rings. The molecule has 1 aromatic carbocycles. The fourth-order valence-electron chi connectivity index (χ4n) is 2.75. The molecule has 0 radical (unpaired) electrons. The third-order valence-corrected chi connectivity index (χ3v) is 3.80. The smallest absolute Gasteiger partial charge is 0.203 e. The summed E-state index contributed by atoms with van der Waals surface area (Å²) >= 11 is 0. The summed E-state index contributed by atoms with van der Waals surface area (Å²) in [5.41, 5.74) is 7.02. The Morgan fingerprint density at radius 1 is 1.10 bits per heavy atom. The molecule has 118 valence electrons. The second-order valence-electron chi connectivity index (χ2n) is 4.82. The van der Waals surface area contributed by atoms with E-state index in [4.69, 9.17) is 24.7 Å². The highest BCUT2D eigenvalue weighted by molar-refractivity contribution is 5.56. The molecule has 1 heterocycles. The van der Waals surface area contributed by atoms with E-state index in [1.165, 1.54) is 0 Å². The van der Waals surface area contributed by atoms with Crippen molar-refractivity contribution in [2.75, 3.05) is 54.2 Å². The average Bonchev–Trinajstić information content (AvgIpc) is 2.55. The van der Waals surface area contributed by atoms with E-state index < -0.39 is 0 Å². The maximum atomic E-state index is 6.01. The summed E-state index contributed by atoms with van der Waals surface area (Å²) in [7, 11) is 4.85. The SMILES string of the molecule is COc1ccc(C(CN)N2CCOCC2)c(OC)c1OC. The minimum atomic E-state index is 0.0728. The number of hydrogen-bond donors (Lipinski definition) is 1. The van der Waals surface area contributed by atoms with Gasteiger partial charge < -0.3 is 24.7 Å². The van der Waals surface area contributed by atoms with Crippen molar-refractivity contribution >= 4 is 0 Å². The summed E-state index contributed by atoms with van der Waals surface area (Å²) in [5.74, 6) is 1.93. The second kappa shape index (κ2) is 7.49. The zero-order chi connectivity index (χ0) is 15.2. The van der Waals surface area contributed by atoms with Crippen LogP contribution in [0.1, 0.15) is 11.6 Å². The summed E-state index contributed by atoms with van der Waals surface area (Å²) < 4.78 is 21.7. The molecule has 2 rings (SSSR count). The number of hydrogen-bond acceptors (Lipinski definition) is 6. The van der Waals surface area contributed by atoms with Crippen molar-refractivity contribution < 1.29 is 18.9 Å². The van der Waals surface area contributed by atoms with Gasteiger partial charge in [0.2, 0.25) is 5.75 Å². The van der Waals surface area contributed by atoms with Gasteiger partial charge in [0, 0.05) is 25.2 Å². The molecule has 0 spiro atoms. The van der Waals surface area contributed by atoms with Crippen LogP contribution in [0.2, 0.25) is 0 Å². The van der Waals surface area contributed by atoms with Crippen LogP contribution < -0.4 is 19.9 Å². The second-order valence-corrected chi connectivity index (χ2v) is 4.82. The lowest BCUT2D eigenvalue weighted by atomic mass is 10.0. The van der Waals surface area contributed by atoms with E-state index in [0.717, 1.165) is 31.9 Å². The molecule has 21 heavy (non-hydrogen) atoms. The van der Waals surface area contributed by atoms with Crippen molar-refractivity contribution in [2.24, 2.45) is 5.73 Å². The van der Waals surface area contributed by atoms with Gasteiger partial charge in [-0.25, -0.2) is 0 Å². The van der Waals surface area contributed by atoms with E-state index >= 15 is 0 Å². The Labute approximate surface area is 125 Å². The normalized spacial score (nSPS) is 17.3. The van der Waals surface area contributed by atoms with Crippen molar-refractivity contribution in [3.8, 4) is 17.2 Å². The monoisotopic (exact) mass is 296 g/mol. The largest absolute Gasteiger partial charge is 0.493 e. The van der Waals surface area contributed by atoms with E-state index in [0.29, 0.717) is 23.8 Å². The molecule has 1 fully saturated rings. The Bertz CT molecular complexity index is 461. The molecule has 1 atom stereocenters. The van der Waals surface area contributed by atoms with Crippen LogP contribution in [0.4, 0.5) is 0 Å². The minimum Gasteiger partial charge on any atom is -0.493 e. The van der Waals surface area contributed by atoms with Gasteiger partial charge >= 0.3 is 0 Å². The molecular formula is C15H24N2O4. The average molecular weight is 296 g/mol. The van der Waals surface area contributed by atoms with Gasteiger partial charge in [-0.2, -0.15) is 0 Å². The number of benzene rings is 1. The zero-order valence-electron chi connectivity index (χ0n) is 12.9. The van der Waals surface area contributed by atoms with Gasteiger partial charge in [0.1, 0.15) is 0 Å². The molecule has 6 nitrogen and oxygen atoms in total. The number of methoxy groups -OCH3 is 3. The lowest BCUT2D eigenvalue weighted by Crippen LogP contribution is -2.41. The summed E-state index contributed by atoms with van der Waals surface area (Å²) in [5, 5.41) is 0. The summed E-state index contributed by atoms with van der Waals surface area (Å²) in [6.07, 6.45) is 0. The van der Waals surface area contributed by atoms with Gasteiger partial charge in [-0.3, -0.25) is 4.90 Å². The zero-order valence-corrected chi connectivity index (χ0v) is 12.9. The fraction of sp³-hybridized carbons (Fsp3) is 0.600. The molecule has 1 aliphatic rings. The maximum absolute atomic E-state index is 6.01. The van der Waals surface area contributed by atoms with Crippen molar-refractivity contribution in [2.45, 2.75) is 6.04 Å². The standard InChI is InChI=1S/C15H24N2O4/c1-18-13-5-4-11(14(19-2)15(13)20-3)12(10-16)17-6-8-21-9-7-17/h4-5,12H,6-10,16H2,1-3H3. The number of ether oxygens (including phenoxy) is 4. The van der Waals surface area contributed by atoms with Gasteiger partial charge in [0.05, 0.1) is 40.6 Å². The molecule has 0 aromatic heterocycles. The van der Waals surface area contributed by atoms with Crippen molar-refractivity contribution in [1.29, 1.82) is 0 Å². The van der Waals surface area contributed by atoms with Gasteiger partial charge in [-0.1, -0.05) is 0 Å². The lowest BCUT2D eigenvalue weighted by Gasteiger charge is -2.35. The number of rotatable bonds is 6. The molecule has 1 unspecified atom stereocenters. The van der Waals surface area contributed by atoms with Crippen molar-refractivity contribution in [1.82, 2.24) is 4.90 Å². The molecule has 0 bridgehead atoms. The van der Waals surface area contributed by atoms with E-state index in [1.807, 2.05) is 12.1 Å². The first-order chi connectivity index (χ1) is 10.3. The summed E-state index contributed by atoms with van der Waals surface area (Å²) in [6, 6.07) is 3.95. The Kier molecular flexibility index (Phi) is 5.67. The van der Waals surface area contributed by atoms with E-state index in [1.54, 1.807) is 21.3 Å². The highest BCUT2D eigenvalue weighted by Crippen LogP contribution is 2.43. The Morgan fingerprint density at radius 2 is 1.76 bits per heavy atom. The third kappa shape index (κ3) is 3.23. The Morgan fingerprint density at radius 3 is 2.29 bits per heavy atom.